The summed E-state index contributed by atoms with van der Waals surface area (Å²) in [6.45, 7) is 5.88. The standard InChI is InChI=1S/C25H28N2O2S/c1-3-4-7-19-10-12-20(13-11-19)27-24(28)22(26-16-5-6-17-26)23(25(27)29)30-21-14-8-18(2)9-15-21/h8-15H,3-7,16-17H2,1-2H3. The Balaban J connectivity index is 1.64. The number of rotatable bonds is 7. The third kappa shape index (κ3) is 4.17. The average molecular weight is 421 g/mol. The lowest BCUT2D eigenvalue weighted by molar-refractivity contribution is -0.121. The highest BCUT2D eigenvalue weighted by Gasteiger charge is 2.42. The van der Waals surface area contributed by atoms with Crippen molar-refractivity contribution in [2.24, 2.45) is 0 Å². The van der Waals surface area contributed by atoms with E-state index in [2.05, 4.69) is 11.8 Å². The van der Waals surface area contributed by atoms with Crippen LogP contribution in [0, 0.1) is 6.92 Å². The Labute approximate surface area is 182 Å². The molecule has 5 heteroatoms. The van der Waals surface area contributed by atoms with Crippen molar-refractivity contribution in [2.75, 3.05) is 18.0 Å². The van der Waals surface area contributed by atoms with Crippen molar-refractivity contribution in [1.29, 1.82) is 0 Å². The Morgan fingerprint density at radius 2 is 1.57 bits per heavy atom. The summed E-state index contributed by atoms with van der Waals surface area (Å²) in [5.41, 5.74) is 3.63. The van der Waals surface area contributed by atoms with Gasteiger partial charge >= 0.3 is 0 Å². The molecule has 4 rings (SSSR count). The van der Waals surface area contributed by atoms with Gasteiger partial charge in [0.15, 0.2) is 0 Å². The zero-order chi connectivity index (χ0) is 21.1. The van der Waals surface area contributed by atoms with Crippen LogP contribution >= 0.6 is 11.8 Å². The molecule has 1 fully saturated rings. The number of thioether (sulfide) groups is 1. The van der Waals surface area contributed by atoms with Crippen molar-refractivity contribution in [3.8, 4) is 0 Å². The normalized spacial score (nSPS) is 16.9. The van der Waals surface area contributed by atoms with Gasteiger partial charge in [-0.2, -0.15) is 0 Å². The molecule has 0 aliphatic carbocycles. The summed E-state index contributed by atoms with van der Waals surface area (Å²) in [5.74, 6) is -0.411. The summed E-state index contributed by atoms with van der Waals surface area (Å²) in [6.07, 6.45) is 5.41. The SMILES string of the molecule is CCCCc1ccc(N2C(=O)C(Sc3ccc(C)cc3)=C(N3CCCC3)C2=O)cc1. The Bertz CT molecular complexity index is 958. The molecule has 0 aromatic heterocycles. The fourth-order valence-electron chi connectivity index (χ4n) is 3.96. The van der Waals surface area contributed by atoms with Gasteiger partial charge in [-0.15, -0.1) is 0 Å². The van der Waals surface area contributed by atoms with Crippen LogP contribution in [0.5, 0.6) is 0 Å². The molecule has 2 aromatic rings. The number of aryl methyl sites for hydroxylation is 2. The molecule has 2 aliphatic heterocycles. The van der Waals surface area contributed by atoms with Gasteiger partial charge in [-0.3, -0.25) is 9.59 Å². The number of nitrogens with zero attached hydrogens (tertiary/aromatic N) is 2. The molecule has 1 saturated heterocycles. The lowest BCUT2D eigenvalue weighted by atomic mass is 10.1. The van der Waals surface area contributed by atoms with Crippen LogP contribution in [-0.2, 0) is 16.0 Å². The van der Waals surface area contributed by atoms with Gasteiger partial charge in [-0.25, -0.2) is 4.90 Å². The molecule has 2 aromatic carbocycles. The van der Waals surface area contributed by atoms with E-state index in [1.807, 2.05) is 55.5 Å². The van der Waals surface area contributed by atoms with Crippen molar-refractivity contribution in [2.45, 2.75) is 50.8 Å². The van der Waals surface area contributed by atoms with Crippen molar-refractivity contribution < 1.29 is 9.59 Å². The first kappa shape index (κ1) is 20.7. The van der Waals surface area contributed by atoms with E-state index in [4.69, 9.17) is 0 Å². The van der Waals surface area contributed by atoms with E-state index in [1.54, 1.807) is 0 Å². The highest BCUT2D eigenvalue weighted by atomic mass is 32.2. The maximum absolute atomic E-state index is 13.4. The molecule has 4 nitrogen and oxygen atoms in total. The number of unbranched alkanes of at least 4 members (excludes halogenated alkanes) is 1. The third-order valence-electron chi connectivity index (χ3n) is 5.69. The van der Waals surface area contributed by atoms with Crippen LogP contribution in [0.15, 0.2) is 64.0 Å². The number of amides is 2. The molecule has 0 saturated carbocycles. The molecule has 2 amide bonds. The topological polar surface area (TPSA) is 40.6 Å². The van der Waals surface area contributed by atoms with Crippen molar-refractivity contribution in [3.63, 3.8) is 0 Å². The molecule has 2 aliphatic rings. The van der Waals surface area contributed by atoms with Gasteiger partial charge in [0.25, 0.3) is 11.8 Å². The quantitative estimate of drug-likeness (QED) is 0.569. The lowest BCUT2D eigenvalue weighted by Gasteiger charge is -2.20. The van der Waals surface area contributed by atoms with E-state index in [0.717, 1.165) is 50.1 Å². The molecule has 0 bridgehead atoms. The van der Waals surface area contributed by atoms with E-state index >= 15 is 0 Å². The van der Waals surface area contributed by atoms with Crippen LogP contribution in [0.25, 0.3) is 0 Å². The summed E-state index contributed by atoms with van der Waals surface area (Å²) in [7, 11) is 0. The van der Waals surface area contributed by atoms with Crippen LogP contribution in [0.3, 0.4) is 0 Å². The van der Waals surface area contributed by atoms with Crippen LogP contribution in [-0.4, -0.2) is 29.8 Å². The smallest absolute Gasteiger partial charge is 0.283 e. The van der Waals surface area contributed by atoms with Crippen LogP contribution in [0.4, 0.5) is 5.69 Å². The largest absolute Gasteiger partial charge is 0.366 e. The monoisotopic (exact) mass is 420 g/mol. The molecule has 0 unspecified atom stereocenters. The molecule has 30 heavy (non-hydrogen) atoms. The van der Waals surface area contributed by atoms with Gasteiger partial charge < -0.3 is 4.90 Å². The summed E-state index contributed by atoms with van der Waals surface area (Å²) in [6, 6.07) is 16.0. The second-order valence-corrected chi connectivity index (χ2v) is 9.09. The van der Waals surface area contributed by atoms with Crippen LogP contribution in [0.1, 0.15) is 43.7 Å². The average Bonchev–Trinajstić information content (AvgIpc) is 3.35. The Hall–Kier alpha value is -2.53. The molecule has 0 radical (unpaired) electrons. The van der Waals surface area contributed by atoms with E-state index in [1.165, 1.54) is 27.8 Å². The Morgan fingerprint density at radius 1 is 0.900 bits per heavy atom. The van der Waals surface area contributed by atoms with Gasteiger partial charge in [0.2, 0.25) is 0 Å². The van der Waals surface area contributed by atoms with Gasteiger partial charge in [0.05, 0.1) is 5.69 Å². The predicted octanol–water partition coefficient (Wildman–Crippen LogP) is 5.31. The van der Waals surface area contributed by atoms with Crippen LogP contribution in [0.2, 0.25) is 0 Å². The molecule has 156 valence electrons. The Kier molecular flexibility index (Phi) is 6.28. The highest BCUT2D eigenvalue weighted by Crippen LogP contribution is 2.39. The third-order valence-corrected chi connectivity index (χ3v) is 6.77. The number of anilines is 1. The first-order valence-corrected chi connectivity index (χ1v) is 11.6. The van der Waals surface area contributed by atoms with Crippen LogP contribution < -0.4 is 4.90 Å². The summed E-state index contributed by atoms with van der Waals surface area (Å²) in [5, 5.41) is 0. The van der Waals surface area contributed by atoms with Crippen molar-refractivity contribution >= 4 is 29.3 Å². The summed E-state index contributed by atoms with van der Waals surface area (Å²) >= 11 is 1.41. The number of hydrogen-bond donors (Lipinski definition) is 0. The number of carbonyl (C=O) groups is 2. The minimum absolute atomic E-state index is 0.196. The van der Waals surface area contributed by atoms with Gasteiger partial charge in [0, 0.05) is 18.0 Å². The van der Waals surface area contributed by atoms with Gasteiger partial charge in [-0.1, -0.05) is 54.9 Å². The number of likely N-dealkylation sites (tertiary alicyclic amines) is 1. The molecular weight excluding hydrogens is 392 g/mol. The van der Waals surface area contributed by atoms with E-state index in [-0.39, 0.29) is 11.8 Å². The Morgan fingerprint density at radius 3 is 2.20 bits per heavy atom. The predicted molar refractivity (Wildman–Crippen MR) is 122 cm³/mol. The summed E-state index contributed by atoms with van der Waals surface area (Å²) in [4.78, 5) is 31.8. The highest BCUT2D eigenvalue weighted by molar-refractivity contribution is 8.04. The minimum atomic E-state index is -0.214. The molecular formula is C25H28N2O2S. The number of hydrogen-bond acceptors (Lipinski definition) is 4. The summed E-state index contributed by atoms with van der Waals surface area (Å²) < 4.78 is 0. The molecule has 0 N–H and O–H groups in total. The van der Waals surface area contributed by atoms with Gasteiger partial charge in [0.1, 0.15) is 10.6 Å². The fourth-order valence-corrected chi connectivity index (χ4v) is 4.96. The zero-order valence-electron chi connectivity index (χ0n) is 17.7. The fraction of sp³-hybridized carbons (Fsp3) is 0.360. The second-order valence-electron chi connectivity index (χ2n) is 8.00. The van der Waals surface area contributed by atoms with Crippen molar-refractivity contribution in [1.82, 2.24) is 4.90 Å². The number of imide groups is 1. The first-order valence-electron chi connectivity index (χ1n) is 10.8. The molecule has 0 spiro atoms. The van der Waals surface area contributed by atoms with E-state index in [0.29, 0.717) is 16.3 Å². The lowest BCUT2D eigenvalue weighted by Crippen LogP contribution is -2.34. The van der Waals surface area contributed by atoms with Crippen molar-refractivity contribution in [3.05, 3.63) is 70.3 Å². The minimum Gasteiger partial charge on any atom is -0.366 e. The van der Waals surface area contributed by atoms with E-state index < -0.39 is 0 Å². The maximum atomic E-state index is 13.4. The number of carbonyl (C=O) groups excluding carboxylic acids is 2. The van der Waals surface area contributed by atoms with E-state index in [9.17, 15) is 9.59 Å². The number of benzene rings is 2. The molecule has 2 heterocycles. The van der Waals surface area contributed by atoms with Gasteiger partial charge in [-0.05, 0) is 62.4 Å². The first-order chi connectivity index (χ1) is 14.6. The molecule has 0 atom stereocenters. The second kappa shape index (κ2) is 9.09. The maximum Gasteiger partial charge on any atom is 0.283 e. The zero-order valence-corrected chi connectivity index (χ0v) is 18.5.